The van der Waals surface area contributed by atoms with Crippen molar-refractivity contribution in [3.05, 3.63) is 100 Å². The third-order valence-corrected chi connectivity index (χ3v) is 10.8. The molecular weight excluding hydrogens is 725 g/mol. The van der Waals surface area contributed by atoms with Crippen LogP contribution in [-0.2, 0) is 28.1 Å². The predicted octanol–water partition coefficient (Wildman–Crippen LogP) is 5.43. The zero-order valence-electron chi connectivity index (χ0n) is 29.0. The number of hydrogen-bond acceptors (Lipinski definition) is 9. The molecule has 4 aliphatic rings. The van der Waals surface area contributed by atoms with E-state index in [1.807, 2.05) is 30.3 Å². The molecular formula is C38H36ClF3N8O4. The number of hydrogen-bond donors (Lipinski definition) is 2. The summed E-state index contributed by atoms with van der Waals surface area (Å²) in [6.07, 6.45) is -2.37. The summed E-state index contributed by atoms with van der Waals surface area (Å²) < 4.78 is 43.8. The second kappa shape index (κ2) is 14.1. The van der Waals surface area contributed by atoms with Gasteiger partial charge in [-0.3, -0.25) is 14.4 Å². The van der Waals surface area contributed by atoms with Crippen molar-refractivity contribution < 1.29 is 32.3 Å². The van der Waals surface area contributed by atoms with Crippen LogP contribution < -0.4 is 15.4 Å². The lowest BCUT2D eigenvalue weighted by atomic mass is 10.00. The normalized spacial score (nSPS) is 19.9. The Hall–Kier alpha value is -5.44. The lowest BCUT2D eigenvalue weighted by Crippen LogP contribution is -2.47. The Morgan fingerprint density at radius 3 is 2.09 bits per heavy atom. The van der Waals surface area contributed by atoms with E-state index >= 15 is 0 Å². The van der Waals surface area contributed by atoms with Crippen LogP contribution in [0, 0.1) is 11.8 Å². The van der Waals surface area contributed by atoms with Crippen molar-refractivity contribution in [3.8, 4) is 6.01 Å². The highest BCUT2D eigenvalue weighted by Crippen LogP contribution is 2.48. The SMILES string of the molecule is O=C(C(=O)N1CC2CN(C(=O)c3ccc(Nc4nc(NC5(c6ccc(Cl)cc6)CC5)nc(OCC(F)(F)F)n4)cc3)CC2C1)N1CCc2ccccc2C1. The molecule has 0 radical (unpaired) electrons. The maximum atomic E-state index is 13.5. The van der Waals surface area contributed by atoms with Gasteiger partial charge in [-0.15, -0.1) is 0 Å². The van der Waals surface area contributed by atoms with Gasteiger partial charge in [-0.1, -0.05) is 48.0 Å². The van der Waals surface area contributed by atoms with Crippen molar-refractivity contribution in [3.63, 3.8) is 0 Å². The fourth-order valence-electron chi connectivity index (χ4n) is 7.55. The molecule has 0 spiro atoms. The second-order valence-corrected chi connectivity index (χ2v) is 14.7. The van der Waals surface area contributed by atoms with Gasteiger partial charge in [0.2, 0.25) is 11.9 Å². The highest BCUT2D eigenvalue weighted by molar-refractivity contribution is 6.35. The van der Waals surface area contributed by atoms with Gasteiger partial charge >= 0.3 is 24.0 Å². The monoisotopic (exact) mass is 760 g/mol. The number of benzene rings is 3. The van der Waals surface area contributed by atoms with Crippen molar-refractivity contribution >= 4 is 46.9 Å². The smallest absolute Gasteiger partial charge is 0.422 e. The summed E-state index contributed by atoms with van der Waals surface area (Å²) in [5.41, 5.74) is 3.62. The van der Waals surface area contributed by atoms with Crippen LogP contribution in [0.15, 0.2) is 72.8 Å². The molecule has 8 rings (SSSR count). The van der Waals surface area contributed by atoms with E-state index in [-0.39, 0.29) is 29.6 Å². The first-order valence-corrected chi connectivity index (χ1v) is 18.1. The first-order chi connectivity index (χ1) is 25.9. The molecule has 12 nitrogen and oxygen atoms in total. The number of ether oxygens (including phenoxy) is 1. The topological polar surface area (TPSA) is 133 Å². The Kier molecular flexibility index (Phi) is 9.28. The first kappa shape index (κ1) is 35.6. The Bertz CT molecular complexity index is 2070. The number of carbonyl (C=O) groups is 3. The second-order valence-electron chi connectivity index (χ2n) is 14.3. The highest BCUT2D eigenvalue weighted by Gasteiger charge is 2.46. The van der Waals surface area contributed by atoms with Gasteiger partial charge in [0.25, 0.3) is 5.91 Å². The molecule has 280 valence electrons. The van der Waals surface area contributed by atoms with Crippen LogP contribution in [0.2, 0.25) is 5.02 Å². The number of nitrogens with zero attached hydrogens (tertiary/aromatic N) is 6. The number of carbonyl (C=O) groups excluding carboxylic acids is 3. The number of anilines is 3. The molecule has 1 aromatic heterocycles. The average Bonchev–Trinajstić information content (AvgIpc) is 3.65. The van der Waals surface area contributed by atoms with Gasteiger partial charge in [0, 0.05) is 67.4 Å². The minimum atomic E-state index is -4.60. The number of halogens is 4. The molecule has 4 heterocycles. The van der Waals surface area contributed by atoms with Gasteiger partial charge in [0.1, 0.15) is 0 Å². The minimum Gasteiger partial charge on any atom is -0.454 e. The summed E-state index contributed by atoms with van der Waals surface area (Å²) in [6.45, 7) is 1.14. The molecule has 16 heteroatoms. The molecule has 2 N–H and O–H groups in total. The fourth-order valence-corrected chi connectivity index (χ4v) is 7.67. The molecule has 3 aliphatic heterocycles. The number of amides is 3. The van der Waals surface area contributed by atoms with E-state index < -0.39 is 36.1 Å². The third kappa shape index (κ3) is 7.63. The molecule has 0 bridgehead atoms. The van der Waals surface area contributed by atoms with Crippen LogP contribution in [0.1, 0.15) is 39.9 Å². The quantitative estimate of drug-likeness (QED) is 0.226. The molecule has 2 unspecified atom stereocenters. The third-order valence-electron chi connectivity index (χ3n) is 10.5. The van der Waals surface area contributed by atoms with Gasteiger partial charge in [-0.25, -0.2) is 0 Å². The Labute approximate surface area is 313 Å². The molecule has 2 saturated heterocycles. The van der Waals surface area contributed by atoms with E-state index in [1.54, 1.807) is 51.1 Å². The number of aromatic nitrogens is 3. The van der Waals surface area contributed by atoms with E-state index in [1.165, 1.54) is 5.56 Å². The van der Waals surface area contributed by atoms with Crippen molar-refractivity contribution in [2.75, 3.05) is 50.0 Å². The molecule has 2 atom stereocenters. The number of rotatable bonds is 8. The largest absolute Gasteiger partial charge is 0.454 e. The molecule has 1 saturated carbocycles. The molecule has 4 aromatic rings. The fraction of sp³-hybridized carbons (Fsp3) is 0.368. The van der Waals surface area contributed by atoms with E-state index in [2.05, 4.69) is 31.7 Å². The van der Waals surface area contributed by atoms with E-state index in [0.717, 1.165) is 30.4 Å². The first-order valence-electron chi connectivity index (χ1n) is 17.7. The molecule has 1 aliphatic carbocycles. The standard InChI is InChI=1S/C38H36ClF3N8O4/c39-29-9-7-28(8-10-29)37(14-15-37)47-35-44-34(45-36(46-35)54-22-38(40,41)42)43-30-11-5-24(6-12-30)31(51)49-18-26-20-50(21-27(26)19-49)33(53)32(52)48-16-13-23-3-1-2-4-25(23)17-48/h1-12,26-27H,13-22H2,(H2,43,44,45,46,47). The minimum absolute atomic E-state index is 0.0328. The maximum Gasteiger partial charge on any atom is 0.422 e. The molecule has 3 fully saturated rings. The zero-order chi connectivity index (χ0) is 37.6. The summed E-state index contributed by atoms with van der Waals surface area (Å²) in [5, 5.41) is 6.80. The van der Waals surface area contributed by atoms with Crippen LogP contribution >= 0.6 is 11.6 Å². The summed E-state index contributed by atoms with van der Waals surface area (Å²) >= 11 is 6.05. The van der Waals surface area contributed by atoms with Crippen LogP contribution in [0.5, 0.6) is 6.01 Å². The van der Waals surface area contributed by atoms with Gasteiger partial charge < -0.3 is 30.1 Å². The number of fused-ring (bicyclic) bond motifs is 2. The molecule has 3 aromatic carbocycles. The summed E-state index contributed by atoms with van der Waals surface area (Å²) in [7, 11) is 0. The molecule has 54 heavy (non-hydrogen) atoms. The average molecular weight is 761 g/mol. The van der Waals surface area contributed by atoms with Crippen molar-refractivity contribution in [1.29, 1.82) is 0 Å². The van der Waals surface area contributed by atoms with E-state index in [9.17, 15) is 27.6 Å². The van der Waals surface area contributed by atoms with Crippen molar-refractivity contribution in [1.82, 2.24) is 29.7 Å². The van der Waals surface area contributed by atoms with E-state index in [4.69, 9.17) is 16.3 Å². The molecule has 3 amide bonds. The number of likely N-dealkylation sites (tertiary alicyclic amines) is 2. The Balaban J connectivity index is 0.885. The summed E-state index contributed by atoms with van der Waals surface area (Å²) in [6, 6.07) is 21.3. The van der Waals surface area contributed by atoms with Gasteiger partial charge in [0.15, 0.2) is 6.61 Å². The summed E-state index contributed by atoms with van der Waals surface area (Å²) in [5.74, 6) is -1.00. The van der Waals surface area contributed by atoms with Gasteiger partial charge in [0.05, 0.1) is 5.54 Å². The summed E-state index contributed by atoms with van der Waals surface area (Å²) in [4.78, 5) is 57.4. The van der Waals surface area contributed by atoms with Crippen molar-refractivity contribution in [2.45, 2.75) is 37.5 Å². The van der Waals surface area contributed by atoms with Gasteiger partial charge in [-0.2, -0.15) is 28.1 Å². The lowest BCUT2D eigenvalue weighted by molar-refractivity contribution is -0.154. The number of nitrogens with one attached hydrogen (secondary N) is 2. The predicted molar refractivity (Wildman–Crippen MR) is 192 cm³/mol. The van der Waals surface area contributed by atoms with E-state index in [0.29, 0.717) is 55.5 Å². The highest BCUT2D eigenvalue weighted by atomic mass is 35.5. The van der Waals surface area contributed by atoms with Crippen LogP contribution in [-0.4, -0.2) is 92.9 Å². The van der Waals surface area contributed by atoms with Gasteiger partial charge in [-0.05, 0) is 72.4 Å². The maximum absolute atomic E-state index is 13.5. The Morgan fingerprint density at radius 1 is 0.796 bits per heavy atom. The Morgan fingerprint density at radius 2 is 1.43 bits per heavy atom. The van der Waals surface area contributed by atoms with Crippen LogP contribution in [0.4, 0.5) is 30.8 Å². The zero-order valence-corrected chi connectivity index (χ0v) is 29.7. The number of alkyl halides is 3. The lowest BCUT2D eigenvalue weighted by Gasteiger charge is -2.30. The van der Waals surface area contributed by atoms with Crippen molar-refractivity contribution in [2.24, 2.45) is 11.8 Å². The van der Waals surface area contributed by atoms with Crippen LogP contribution in [0.3, 0.4) is 0 Å². The van der Waals surface area contributed by atoms with Crippen LogP contribution in [0.25, 0.3) is 0 Å².